The van der Waals surface area contributed by atoms with Gasteiger partial charge in [0.05, 0.1) is 4.92 Å². The number of nitro benzene ring substituents is 1. The Balaban J connectivity index is 2.28. The normalized spacial score (nSPS) is 19.9. The van der Waals surface area contributed by atoms with Crippen LogP contribution < -0.4 is 0 Å². The summed E-state index contributed by atoms with van der Waals surface area (Å²) >= 11 is 0. The highest BCUT2D eigenvalue weighted by Gasteiger charge is 2.33. The van der Waals surface area contributed by atoms with E-state index in [2.05, 4.69) is 0 Å². The molecule has 110 valence electrons. The highest BCUT2D eigenvalue weighted by atomic mass is 32.2. The lowest BCUT2D eigenvalue weighted by Gasteiger charge is -2.33. The van der Waals surface area contributed by atoms with Crippen LogP contribution in [0, 0.1) is 10.1 Å². The van der Waals surface area contributed by atoms with E-state index in [1.807, 2.05) is 0 Å². The highest BCUT2D eigenvalue weighted by Crippen LogP contribution is 2.24. The topological polar surface area (TPSA) is 83.8 Å². The van der Waals surface area contributed by atoms with E-state index in [1.165, 1.54) is 14.7 Å². The van der Waals surface area contributed by atoms with Crippen molar-refractivity contribution < 1.29 is 13.3 Å². The molecule has 1 fully saturated rings. The van der Waals surface area contributed by atoms with Crippen LogP contribution in [-0.4, -0.2) is 41.6 Å². The number of benzene rings is 1. The van der Waals surface area contributed by atoms with Crippen molar-refractivity contribution in [1.29, 1.82) is 0 Å². The second-order valence-corrected chi connectivity index (χ2v) is 6.50. The molecule has 1 aliphatic heterocycles. The van der Waals surface area contributed by atoms with Gasteiger partial charge in [-0.3, -0.25) is 10.1 Å². The molecule has 20 heavy (non-hydrogen) atoms. The zero-order chi connectivity index (χ0) is 14.8. The summed E-state index contributed by atoms with van der Waals surface area (Å²) in [4.78, 5) is 10.5. The van der Waals surface area contributed by atoms with E-state index in [1.54, 1.807) is 25.1 Å². The molecule has 0 aromatic heterocycles. The summed E-state index contributed by atoms with van der Waals surface area (Å²) in [7, 11) is -3.51. The Labute approximate surface area is 118 Å². The van der Waals surface area contributed by atoms with Gasteiger partial charge in [-0.15, -0.1) is 0 Å². The van der Waals surface area contributed by atoms with Crippen molar-refractivity contribution in [3.05, 3.63) is 39.9 Å². The van der Waals surface area contributed by atoms with Crippen LogP contribution in [-0.2, 0) is 16.8 Å². The van der Waals surface area contributed by atoms with Crippen LogP contribution in [0.25, 0.3) is 0 Å². The molecule has 7 nitrogen and oxygen atoms in total. The standard InChI is InChI=1S/C12H17N3O4S/c1-2-13-8-5-9-14(20(13,18)19)10-11-6-3-4-7-12(11)15(16)17/h3-4,6-7H,2,5,8-10H2,1H3. The molecule has 0 saturated carbocycles. The van der Waals surface area contributed by atoms with Crippen LogP contribution in [0.1, 0.15) is 18.9 Å². The molecule has 1 aliphatic rings. The molecule has 8 heteroatoms. The molecule has 0 aliphatic carbocycles. The molecule has 0 N–H and O–H groups in total. The molecule has 0 unspecified atom stereocenters. The fourth-order valence-corrected chi connectivity index (χ4v) is 3.99. The van der Waals surface area contributed by atoms with Gasteiger partial charge in [0.2, 0.25) is 0 Å². The first-order valence-corrected chi connectivity index (χ1v) is 7.84. The van der Waals surface area contributed by atoms with E-state index < -0.39 is 15.1 Å². The van der Waals surface area contributed by atoms with Gasteiger partial charge in [-0.05, 0) is 6.42 Å². The van der Waals surface area contributed by atoms with Gasteiger partial charge in [-0.1, -0.05) is 25.1 Å². The number of hydrogen-bond acceptors (Lipinski definition) is 4. The van der Waals surface area contributed by atoms with Gasteiger partial charge in [0, 0.05) is 37.8 Å². The number of nitro groups is 1. The first-order chi connectivity index (χ1) is 9.46. The van der Waals surface area contributed by atoms with Crippen LogP contribution in [0.5, 0.6) is 0 Å². The van der Waals surface area contributed by atoms with E-state index >= 15 is 0 Å². The number of para-hydroxylation sites is 1. The van der Waals surface area contributed by atoms with Crippen molar-refractivity contribution in [3.63, 3.8) is 0 Å². The largest absolute Gasteiger partial charge is 0.282 e. The Morgan fingerprint density at radius 3 is 2.55 bits per heavy atom. The highest BCUT2D eigenvalue weighted by molar-refractivity contribution is 7.86. The van der Waals surface area contributed by atoms with Crippen LogP contribution in [0.15, 0.2) is 24.3 Å². The minimum Gasteiger partial charge on any atom is -0.258 e. The van der Waals surface area contributed by atoms with Crippen LogP contribution in [0.2, 0.25) is 0 Å². The molecular formula is C12H17N3O4S. The molecular weight excluding hydrogens is 282 g/mol. The third-order valence-electron chi connectivity index (χ3n) is 3.36. The fraction of sp³-hybridized carbons (Fsp3) is 0.500. The van der Waals surface area contributed by atoms with Gasteiger partial charge in [0.1, 0.15) is 0 Å². The Kier molecular flexibility index (Phi) is 4.36. The van der Waals surface area contributed by atoms with Crippen molar-refractivity contribution in [2.75, 3.05) is 19.6 Å². The van der Waals surface area contributed by atoms with Crippen LogP contribution >= 0.6 is 0 Å². The summed E-state index contributed by atoms with van der Waals surface area (Å²) in [6, 6.07) is 6.24. The second kappa shape index (κ2) is 5.86. The maximum absolute atomic E-state index is 12.3. The van der Waals surface area contributed by atoms with Crippen molar-refractivity contribution >= 4 is 15.9 Å². The van der Waals surface area contributed by atoms with Crippen molar-refractivity contribution in [1.82, 2.24) is 8.61 Å². The van der Waals surface area contributed by atoms with Crippen LogP contribution in [0.3, 0.4) is 0 Å². The summed E-state index contributed by atoms with van der Waals surface area (Å²) in [6.45, 7) is 3.13. The lowest BCUT2D eigenvalue weighted by atomic mass is 10.2. The van der Waals surface area contributed by atoms with Crippen LogP contribution in [0.4, 0.5) is 5.69 Å². The third kappa shape index (κ3) is 2.82. The third-order valence-corrected chi connectivity index (χ3v) is 5.41. The molecule has 1 heterocycles. The Morgan fingerprint density at radius 1 is 1.25 bits per heavy atom. The predicted octanol–water partition coefficient (Wildman–Crippen LogP) is 1.37. The van der Waals surface area contributed by atoms with Gasteiger partial charge in [-0.25, -0.2) is 0 Å². The van der Waals surface area contributed by atoms with Gasteiger partial charge >= 0.3 is 0 Å². The molecule has 0 spiro atoms. The molecule has 2 rings (SSSR count). The number of rotatable bonds is 4. The van der Waals surface area contributed by atoms with Crippen molar-refractivity contribution in [2.24, 2.45) is 0 Å². The zero-order valence-corrected chi connectivity index (χ0v) is 12.0. The molecule has 0 atom stereocenters. The summed E-state index contributed by atoms with van der Waals surface area (Å²) in [5.74, 6) is 0. The second-order valence-electron chi connectivity index (χ2n) is 4.57. The molecule has 0 bridgehead atoms. The number of hydrogen-bond donors (Lipinski definition) is 0. The minimum absolute atomic E-state index is 0.0377. The molecule has 1 saturated heterocycles. The first-order valence-electron chi connectivity index (χ1n) is 6.44. The first kappa shape index (κ1) is 14.9. The maximum atomic E-state index is 12.3. The fourth-order valence-electron chi connectivity index (χ4n) is 2.31. The smallest absolute Gasteiger partial charge is 0.258 e. The number of nitrogens with zero attached hydrogens (tertiary/aromatic N) is 3. The Bertz CT molecular complexity index is 602. The molecule has 0 radical (unpaired) electrons. The van der Waals surface area contributed by atoms with E-state index in [0.717, 1.165) is 6.42 Å². The SMILES string of the molecule is CCN1CCCN(Cc2ccccc2[N+](=O)[O-])S1(=O)=O. The van der Waals surface area contributed by atoms with Gasteiger partial charge < -0.3 is 0 Å². The summed E-state index contributed by atoms with van der Waals surface area (Å²) < 4.78 is 27.3. The molecule has 0 amide bonds. The lowest BCUT2D eigenvalue weighted by molar-refractivity contribution is -0.385. The van der Waals surface area contributed by atoms with E-state index in [-0.39, 0.29) is 12.2 Å². The van der Waals surface area contributed by atoms with E-state index in [4.69, 9.17) is 0 Å². The minimum atomic E-state index is -3.51. The molecule has 1 aromatic rings. The van der Waals surface area contributed by atoms with Gasteiger partial charge in [0.25, 0.3) is 15.9 Å². The summed E-state index contributed by atoms with van der Waals surface area (Å²) in [5.41, 5.74) is 0.371. The van der Waals surface area contributed by atoms with Crippen molar-refractivity contribution in [2.45, 2.75) is 19.9 Å². The average molecular weight is 299 g/mol. The lowest BCUT2D eigenvalue weighted by Crippen LogP contribution is -2.49. The monoisotopic (exact) mass is 299 g/mol. The van der Waals surface area contributed by atoms with E-state index in [9.17, 15) is 18.5 Å². The maximum Gasteiger partial charge on any atom is 0.282 e. The summed E-state index contributed by atoms with van der Waals surface area (Å²) in [5, 5.41) is 11.0. The average Bonchev–Trinajstić information content (AvgIpc) is 2.41. The van der Waals surface area contributed by atoms with Crippen molar-refractivity contribution in [3.8, 4) is 0 Å². The van der Waals surface area contributed by atoms with Gasteiger partial charge in [0.15, 0.2) is 0 Å². The zero-order valence-electron chi connectivity index (χ0n) is 11.2. The predicted molar refractivity (Wildman–Crippen MR) is 74.3 cm³/mol. The van der Waals surface area contributed by atoms with E-state index in [0.29, 0.717) is 25.2 Å². The Hall–Kier alpha value is -1.51. The molecule has 1 aromatic carbocycles. The van der Waals surface area contributed by atoms with Gasteiger partial charge in [-0.2, -0.15) is 17.0 Å². The Morgan fingerprint density at radius 2 is 1.90 bits per heavy atom. The quantitative estimate of drug-likeness (QED) is 0.621. The summed E-state index contributed by atoms with van der Waals surface area (Å²) in [6.07, 6.45) is 0.730.